The third kappa shape index (κ3) is 44.5. The van der Waals surface area contributed by atoms with Crippen LogP contribution in [0.4, 0.5) is 0 Å². The largest absolute Gasteiger partial charge is 0.397 e. The van der Waals surface area contributed by atoms with E-state index in [9.17, 15) is 38.2 Å². The highest BCUT2D eigenvalue weighted by molar-refractivity contribution is 7.80. The van der Waals surface area contributed by atoms with Crippen molar-refractivity contribution in [3.05, 3.63) is 0 Å². The molecular weight excluding hydrogens is 967 g/mol. The highest BCUT2D eigenvalue weighted by Crippen LogP contribution is 2.27. The Hall–Kier alpha value is -0.900. The molecule has 0 bridgehead atoms. The van der Waals surface area contributed by atoms with Gasteiger partial charge in [-0.1, -0.05) is 316 Å². The molecule has 1 aliphatic heterocycles. The first kappa shape index (κ1) is 72.1. The van der Waals surface area contributed by atoms with Crippen molar-refractivity contribution in [3.8, 4) is 0 Å². The summed E-state index contributed by atoms with van der Waals surface area (Å²) in [5.41, 5.74) is 0. The van der Waals surface area contributed by atoms with E-state index in [1.54, 1.807) is 0 Å². The number of nitrogens with one attached hydrogen (secondary N) is 1. The first-order chi connectivity index (χ1) is 36.5. The third-order valence-corrected chi connectivity index (χ3v) is 16.4. The number of hydrogen-bond acceptors (Lipinski definition) is 10. The van der Waals surface area contributed by atoms with Crippen LogP contribution in [0.1, 0.15) is 335 Å². The van der Waals surface area contributed by atoms with E-state index in [2.05, 4.69) is 23.3 Å². The van der Waals surface area contributed by atoms with Gasteiger partial charge >= 0.3 is 10.4 Å². The summed E-state index contributed by atoms with van der Waals surface area (Å²) in [6, 6.07) is -0.854. The lowest BCUT2D eigenvalue weighted by atomic mass is 9.99. The van der Waals surface area contributed by atoms with E-state index in [-0.39, 0.29) is 12.5 Å². The molecule has 448 valence electrons. The second-order valence-electron chi connectivity index (χ2n) is 23.1. The molecule has 75 heavy (non-hydrogen) atoms. The van der Waals surface area contributed by atoms with Crippen LogP contribution in [0.5, 0.6) is 0 Å². The molecule has 0 saturated carbocycles. The van der Waals surface area contributed by atoms with E-state index < -0.39 is 59.9 Å². The molecule has 1 fully saturated rings. The minimum atomic E-state index is -5.08. The van der Waals surface area contributed by atoms with Crippen LogP contribution in [0.25, 0.3) is 0 Å². The second-order valence-corrected chi connectivity index (χ2v) is 24.1. The Morgan fingerprint density at radius 2 is 0.773 bits per heavy atom. The van der Waals surface area contributed by atoms with Gasteiger partial charge in [-0.2, -0.15) is 8.42 Å². The summed E-state index contributed by atoms with van der Waals surface area (Å²) in [5, 5.41) is 45.3. The molecule has 1 saturated heterocycles. The quantitative estimate of drug-likeness (QED) is 0.0251. The van der Waals surface area contributed by atoms with E-state index in [1.165, 1.54) is 257 Å². The molecular formula is C62H123NO11S. The number of carbonyl (C=O) groups is 1. The topological polar surface area (TPSA) is 192 Å². The Morgan fingerprint density at radius 3 is 1.07 bits per heavy atom. The van der Waals surface area contributed by atoms with Crippen LogP contribution in [0.2, 0.25) is 0 Å². The smallest absolute Gasteiger partial charge is 0.394 e. The van der Waals surface area contributed by atoms with Crippen molar-refractivity contribution in [1.29, 1.82) is 0 Å². The number of aliphatic hydroxyl groups excluding tert-OH is 4. The summed E-state index contributed by atoms with van der Waals surface area (Å²) >= 11 is 0. The van der Waals surface area contributed by atoms with E-state index in [0.717, 1.165) is 51.4 Å². The van der Waals surface area contributed by atoms with Crippen LogP contribution in [0.15, 0.2) is 0 Å². The van der Waals surface area contributed by atoms with Crippen LogP contribution >= 0.6 is 0 Å². The Labute approximate surface area is 462 Å². The molecule has 1 amide bonds. The van der Waals surface area contributed by atoms with Crippen molar-refractivity contribution in [1.82, 2.24) is 5.32 Å². The highest BCUT2D eigenvalue weighted by atomic mass is 32.3. The Balaban J connectivity index is 2.28. The molecule has 12 nitrogen and oxygen atoms in total. The van der Waals surface area contributed by atoms with E-state index in [4.69, 9.17) is 9.47 Å². The lowest BCUT2D eigenvalue weighted by molar-refractivity contribution is -0.298. The van der Waals surface area contributed by atoms with Gasteiger partial charge in [0.25, 0.3) is 0 Å². The third-order valence-electron chi connectivity index (χ3n) is 15.9. The predicted octanol–water partition coefficient (Wildman–Crippen LogP) is 16.0. The summed E-state index contributed by atoms with van der Waals surface area (Å²) < 4.78 is 48.0. The zero-order valence-corrected chi connectivity index (χ0v) is 49.7. The molecule has 7 unspecified atom stereocenters. The SMILES string of the molecule is CCCCCCCCCCCCCCCCCCCCCCCCCCCC(=O)NC(COC1OC(CO)C(O)C(OS(=O)(=O)O)C1O)C(O)CCCCCCCCCCCCCCCCCCCCCCCCC. The summed E-state index contributed by atoms with van der Waals surface area (Å²) in [7, 11) is -5.08. The van der Waals surface area contributed by atoms with E-state index in [0.29, 0.717) is 12.8 Å². The van der Waals surface area contributed by atoms with Gasteiger partial charge in [-0.05, 0) is 12.8 Å². The van der Waals surface area contributed by atoms with Crippen LogP contribution in [-0.4, -0.2) is 95.4 Å². The number of amides is 1. The van der Waals surface area contributed by atoms with Gasteiger partial charge < -0.3 is 35.2 Å². The van der Waals surface area contributed by atoms with Crippen LogP contribution < -0.4 is 5.32 Å². The van der Waals surface area contributed by atoms with Gasteiger partial charge in [-0.25, -0.2) is 4.18 Å². The van der Waals surface area contributed by atoms with Gasteiger partial charge in [0.2, 0.25) is 5.91 Å². The average molecular weight is 1090 g/mol. The summed E-state index contributed by atoms with van der Waals surface area (Å²) in [4.78, 5) is 13.2. The lowest BCUT2D eigenvalue weighted by Gasteiger charge is -2.41. The maximum absolute atomic E-state index is 13.2. The fourth-order valence-electron chi connectivity index (χ4n) is 10.9. The van der Waals surface area contributed by atoms with Crippen molar-refractivity contribution in [3.63, 3.8) is 0 Å². The van der Waals surface area contributed by atoms with Crippen molar-refractivity contribution < 1.29 is 51.8 Å². The van der Waals surface area contributed by atoms with Gasteiger partial charge in [0, 0.05) is 6.42 Å². The molecule has 1 aliphatic rings. The average Bonchev–Trinajstić information content (AvgIpc) is 3.39. The standard InChI is InChI=1S/C62H123NO11S/c1-3-5-7-9-11-13-15-17-19-21-23-25-27-28-30-32-34-36-38-40-42-44-46-48-50-52-58(66)63-55(54-72-62-60(68)61(74-75(69,70)71)59(67)57(53-64)73-62)56(65)51-49-47-45-43-41-39-37-35-33-31-29-26-24-22-20-18-16-14-12-10-8-6-4-2/h55-57,59-62,64-65,67-68H,3-54H2,1-2H3,(H,63,66)(H,69,70,71). The molecule has 6 N–H and O–H groups in total. The first-order valence-corrected chi connectivity index (χ1v) is 33.8. The minimum absolute atomic E-state index is 0.220. The summed E-state index contributed by atoms with van der Waals surface area (Å²) in [5.74, 6) is -0.220. The minimum Gasteiger partial charge on any atom is -0.394 e. The summed E-state index contributed by atoms with van der Waals surface area (Å²) in [6.45, 7) is 3.52. The van der Waals surface area contributed by atoms with E-state index in [1.807, 2.05) is 0 Å². The number of unbranched alkanes of at least 4 members (excludes halogenated alkanes) is 46. The molecule has 0 aromatic heterocycles. The van der Waals surface area contributed by atoms with Gasteiger partial charge in [0.05, 0.1) is 25.4 Å². The van der Waals surface area contributed by atoms with Crippen molar-refractivity contribution in [2.75, 3.05) is 13.2 Å². The number of carbonyl (C=O) groups excluding carboxylic acids is 1. The lowest BCUT2D eigenvalue weighted by Crippen LogP contribution is -2.61. The molecule has 0 spiro atoms. The summed E-state index contributed by atoms with van der Waals surface area (Å²) in [6.07, 6.45) is 54.0. The van der Waals surface area contributed by atoms with Gasteiger partial charge in [0.15, 0.2) is 6.29 Å². The number of aliphatic hydroxyl groups is 4. The molecule has 13 heteroatoms. The number of hydrogen-bond donors (Lipinski definition) is 6. The fourth-order valence-corrected chi connectivity index (χ4v) is 11.4. The van der Waals surface area contributed by atoms with Gasteiger partial charge in [-0.15, -0.1) is 0 Å². The van der Waals surface area contributed by atoms with Crippen LogP contribution in [-0.2, 0) is 28.9 Å². The zero-order valence-electron chi connectivity index (χ0n) is 48.9. The Bertz CT molecular complexity index is 1330. The Kier molecular flexibility index (Phi) is 50.5. The first-order valence-electron chi connectivity index (χ1n) is 32.4. The maximum atomic E-state index is 13.2. The fraction of sp³-hybridized carbons (Fsp3) is 0.984. The van der Waals surface area contributed by atoms with Gasteiger partial charge in [-0.3, -0.25) is 9.35 Å². The predicted molar refractivity (Wildman–Crippen MR) is 310 cm³/mol. The van der Waals surface area contributed by atoms with Crippen molar-refractivity contribution in [2.24, 2.45) is 0 Å². The highest BCUT2D eigenvalue weighted by Gasteiger charge is 2.48. The van der Waals surface area contributed by atoms with Crippen molar-refractivity contribution >= 4 is 16.3 Å². The van der Waals surface area contributed by atoms with Gasteiger partial charge in [0.1, 0.15) is 24.4 Å². The maximum Gasteiger partial charge on any atom is 0.397 e. The molecule has 0 aromatic rings. The molecule has 0 radical (unpaired) electrons. The molecule has 0 aromatic carbocycles. The normalized spacial score (nSPS) is 18.9. The molecule has 0 aliphatic carbocycles. The number of rotatable bonds is 58. The van der Waals surface area contributed by atoms with Crippen LogP contribution in [0, 0.1) is 0 Å². The zero-order chi connectivity index (χ0) is 54.7. The molecule has 7 atom stereocenters. The number of ether oxygens (including phenoxy) is 2. The monoisotopic (exact) mass is 1090 g/mol. The van der Waals surface area contributed by atoms with Crippen LogP contribution in [0.3, 0.4) is 0 Å². The van der Waals surface area contributed by atoms with E-state index >= 15 is 0 Å². The Morgan fingerprint density at radius 1 is 0.480 bits per heavy atom. The molecule has 1 rings (SSSR count). The molecule has 1 heterocycles. The second kappa shape index (κ2) is 52.5. The van der Waals surface area contributed by atoms with Crippen molar-refractivity contribution in [2.45, 2.75) is 378 Å².